The molecule has 0 saturated heterocycles. The quantitative estimate of drug-likeness (QED) is 0.810. The molecule has 0 amide bonds. The van der Waals surface area contributed by atoms with Crippen LogP contribution >= 0.6 is 15.9 Å². The fourth-order valence-electron chi connectivity index (χ4n) is 1.91. The Morgan fingerprint density at radius 3 is 2.52 bits per heavy atom. The zero-order valence-corrected chi connectivity index (χ0v) is 13.1. The Morgan fingerprint density at radius 2 is 1.81 bits per heavy atom. The number of hydrogen-bond acceptors (Lipinski definition) is 5. The highest BCUT2D eigenvalue weighted by atomic mass is 79.9. The number of anilines is 2. The summed E-state index contributed by atoms with van der Waals surface area (Å²) in [4.78, 5) is 0.127. The Kier molecular flexibility index (Phi) is 3.42. The van der Waals surface area contributed by atoms with Gasteiger partial charge in [0.1, 0.15) is 4.90 Å². The van der Waals surface area contributed by atoms with E-state index in [4.69, 9.17) is 15.2 Å². The standard InChI is InChI=1S/C13H11BrN2O4S/c14-8-3-1-2-4-13(8)21(17,18)16-10-6-12-11(5-9(10)15)19-7-20-12/h1-6,16H,7,15H2. The summed E-state index contributed by atoms with van der Waals surface area (Å²) in [6, 6.07) is 9.56. The first kappa shape index (κ1) is 14.0. The number of halogens is 1. The third-order valence-corrected chi connectivity index (χ3v) is 5.29. The van der Waals surface area contributed by atoms with Crippen LogP contribution in [0.2, 0.25) is 0 Å². The first-order valence-electron chi connectivity index (χ1n) is 5.94. The molecule has 8 heteroatoms. The lowest BCUT2D eigenvalue weighted by Crippen LogP contribution is -2.14. The van der Waals surface area contributed by atoms with Gasteiger partial charge in [-0.25, -0.2) is 8.42 Å². The molecule has 0 fully saturated rings. The summed E-state index contributed by atoms with van der Waals surface area (Å²) in [5.74, 6) is 0.949. The summed E-state index contributed by atoms with van der Waals surface area (Å²) in [7, 11) is -3.76. The zero-order valence-electron chi connectivity index (χ0n) is 10.7. The van der Waals surface area contributed by atoms with Crippen LogP contribution in [0.5, 0.6) is 11.5 Å². The number of ether oxygens (including phenoxy) is 2. The van der Waals surface area contributed by atoms with Crippen molar-refractivity contribution in [3.8, 4) is 11.5 Å². The van der Waals surface area contributed by atoms with Gasteiger partial charge in [0.15, 0.2) is 11.5 Å². The molecule has 6 nitrogen and oxygen atoms in total. The van der Waals surface area contributed by atoms with E-state index >= 15 is 0 Å². The van der Waals surface area contributed by atoms with Gasteiger partial charge in [-0.3, -0.25) is 4.72 Å². The van der Waals surface area contributed by atoms with Crippen LogP contribution in [0, 0.1) is 0 Å². The van der Waals surface area contributed by atoms with Gasteiger partial charge in [-0.2, -0.15) is 0 Å². The lowest BCUT2D eigenvalue weighted by molar-refractivity contribution is 0.174. The van der Waals surface area contributed by atoms with Gasteiger partial charge in [0.05, 0.1) is 11.4 Å². The smallest absolute Gasteiger partial charge is 0.263 e. The minimum absolute atomic E-state index is 0.0925. The van der Waals surface area contributed by atoms with E-state index in [1.165, 1.54) is 18.2 Å². The fourth-order valence-corrected chi connectivity index (χ4v) is 3.99. The van der Waals surface area contributed by atoms with Crippen LogP contribution < -0.4 is 19.9 Å². The molecule has 0 saturated carbocycles. The third-order valence-electron chi connectivity index (χ3n) is 2.92. The molecular weight excluding hydrogens is 360 g/mol. The summed E-state index contributed by atoms with van der Waals surface area (Å²) in [6.07, 6.45) is 0. The molecule has 0 unspecified atom stereocenters. The van der Waals surface area contributed by atoms with Crippen molar-refractivity contribution in [1.82, 2.24) is 0 Å². The highest BCUT2D eigenvalue weighted by Gasteiger charge is 2.21. The van der Waals surface area contributed by atoms with Gasteiger partial charge in [0, 0.05) is 16.6 Å². The molecule has 0 bridgehead atoms. The van der Waals surface area contributed by atoms with E-state index in [-0.39, 0.29) is 23.1 Å². The van der Waals surface area contributed by atoms with E-state index in [2.05, 4.69) is 20.7 Å². The average Bonchev–Trinajstić information content (AvgIpc) is 2.86. The van der Waals surface area contributed by atoms with Gasteiger partial charge in [-0.05, 0) is 28.1 Å². The van der Waals surface area contributed by atoms with Gasteiger partial charge in [-0.15, -0.1) is 0 Å². The predicted molar refractivity (Wildman–Crippen MR) is 81.9 cm³/mol. The van der Waals surface area contributed by atoms with Crippen LogP contribution in [-0.4, -0.2) is 15.2 Å². The van der Waals surface area contributed by atoms with Gasteiger partial charge in [0.2, 0.25) is 6.79 Å². The summed E-state index contributed by atoms with van der Waals surface area (Å²) in [5, 5.41) is 0. The van der Waals surface area contributed by atoms with Crippen molar-refractivity contribution < 1.29 is 17.9 Å². The third kappa shape index (κ3) is 2.64. The van der Waals surface area contributed by atoms with Crippen LogP contribution in [0.15, 0.2) is 45.8 Å². The van der Waals surface area contributed by atoms with Crippen LogP contribution in [-0.2, 0) is 10.0 Å². The van der Waals surface area contributed by atoms with E-state index in [1.807, 2.05) is 0 Å². The summed E-state index contributed by atoms with van der Waals surface area (Å²) in [6.45, 7) is 0.0925. The van der Waals surface area contributed by atoms with Crippen molar-refractivity contribution in [2.24, 2.45) is 0 Å². The molecule has 2 aromatic carbocycles. The second-order valence-electron chi connectivity index (χ2n) is 4.33. The zero-order chi connectivity index (χ0) is 15.0. The number of sulfonamides is 1. The van der Waals surface area contributed by atoms with E-state index < -0.39 is 10.0 Å². The maximum absolute atomic E-state index is 12.4. The molecule has 0 aliphatic carbocycles. The molecule has 1 aliphatic rings. The fraction of sp³-hybridized carbons (Fsp3) is 0.0769. The van der Waals surface area contributed by atoms with E-state index in [9.17, 15) is 8.42 Å². The number of benzene rings is 2. The van der Waals surface area contributed by atoms with Crippen molar-refractivity contribution in [2.75, 3.05) is 17.2 Å². The minimum atomic E-state index is -3.76. The topological polar surface area (TPSA) is 90.7 Å². The van der Waals surface area contributed by atoms with Crippen molar-refractivity contribution >= 4 is 37.3 Å². The van der Waals surface area contributed by atoms with E-state index in [1.54, 1.807) is 18.2 Å². The van der Waals surface area contributed by atoms with E-state index in [0.717, 1.165) is 0 Å². The first-order chi connectivity index (χ1) is 9.97. The van der Waals surface area contributed by atoms with Gasteiger partial charge in [-0.1, -0.05) is 12.1 Å². The van der Waals surface area contributed by atoms with Gasteiger partial charge < -0.3 is 15.2 Å². The molecule has 0 spiro atoms. The molecule has 21 heavy (non-hydrogen) atoms. The molecule has 0 atom stereocenters. The Morgan fingerprint density at radius 1 is 1.14 bits per heavy atom. The first-order valence-corrected chi connectivity index (χ1v) is 8.21. The summed E-state index contributed by atoms with van der Waals surface area (Å²) >= 11 is 3.22. The normalized spacial score (nSPS) is 13.2. The Balaban J connectivity index is 1.99. The summed E-state index contributed by atoms with van der Waals surface area (Å²) in [5.41, 5.74) is 6.35. The van der Waals surface area contributed by atoms with Gasteiger partial charge in [0.25, 0.3) is 10.0 Å². The van der Waals surface area contributed by atoms with Crippen molar-refractivity contribution in [2.45, 2.75) is 4.90 Å². The second kappa shape index (κ2) is 5.12. The highest BCUT2D eigenvalue weighted by Crippen LogP contribution is 2.39. The molecule has 2 aromatic rings. The molecular formula is C13H11BrN2O4S. The maximum Gasteiger partial charge on any atom is 0.263 e. The lowest BCUT2D eigenvalue weighted by atomic mass is 10.2. The highest BCUT2D eigenvalue weighted by molar-refractivity contribution is 9.10. The number of nitrogen functional groups attached to an aromatic ring is 1. The molecule has 110 valence electrons. The molecule has 3 rings (SSSR count). The van der Waals surface area contributed by atoms with E-state index in [0.29, 0.717) is 16.0 Å². The number of rotatable bonds is 3. The van der Waals surface area contributed by atoms with Crippen LogP contribution in [0.4, 0.5) is 11.4 Å². The number of hydrogen-bond donors (Lipinski definition) is 2. The largest absolute Gasteiger partial charge is 0.454 e. The summed E-state index contributed by atoms with van der Waals surface area (Å²) < 4.78 is 38.1. The number of nitrogens with two attached hydrogens (primary N) is 1. The SMILES string of the molecule is Nc1cc2c(cc1NS(=O)(=O)c1ccccc1Br)OCO2. The Hall–Kier alpha value is -1.93. The van der Waals surface area contributed by atoms with Crippen molar-refractivity contribution in [1.29, 1.82) is 0 Å². The molecule has 0 radical (unpaired) electrons. The molecule has 3 N–H and O–H groups in total. The monoisotopic (exact) mass is 370 g/mol. The number of fused-ring (bicyclic) bond motifs is 1. The van der Waals surface area contributed by atoms with Crippen LogP contribution in [0.3, 0.4) is 0 Å². The number of nitrogens with one attached hydrogen (secondary N) is 1. The van der Waals surface area contributed by atoms with Crippen LogP contribution in [0.1, 0.15) is 0 Å². The molecule has 1 heterocycles. The average molecular weight is 371 g/mol. The Bertz CT molecular complexity index is 808. The molecule has 0 aromatic heterocycles. The predicted octanol–water partition coefficient (Wildman–Crippen LogP) is 2.56. The lowest BCUT2D eigenvalue weighted by Gasteiger charge is -2.12. The minimum Gasteiger partial charge on any atom is -0.454 e. The maximum atomic E-state index is 12.4. The van der Waals surface area contributed by atoms with Gasteiger partial charge >= 0.3 is 0 Å². The van der Waals surface area contributed by atoms with Crippen molar-refractivity contribution in [3.05, 3.63) is 40.9 Å². The second-order valence-corrected chi connectivity index (χ2v) is 6.83. The Labute approximate surface area is 130 Å². The van der Waals surface area contributed by atoms with Crippen molar-refractivity contribution in [3.63, 3.8) is 0 Å². The van der Waals surface area contributed by atoms with Crippen LogP contribution in [0.25, 0.3) is 0 Å². The molecule has 1 aliphatic heterocycles.